The van der Waals surface area contributed by atoms with Crippen molar-refractivity contribution in [1.82, 2.24) is 20.5 Å². The number of nitrogens with one attached hydrogen (secondary N) is 2. The van der Waals surface area contributed by atoms with Crippen molar-refractivity contribution in [3.63, 3.8) is 0 Å². The summed E-state index contributed by atoms with van der Waals surface area (Å²) in [4.78, 5) is 39.6. The van der Waals surface area contributed by atoms with Crippen LogP contribution in [0.2, 0.25) is 0 Å². The first-order chi connectivity index (χ1) is 9.49. The Morgan fingerprint density at radius 3 is 3.00 bits per heavy atom. The normalized spacial score (nSPS) is 20.1. The molecule has 1 saturated heterocycles. The van der Waals surface area contributed by atoms with E-state index < -0.39 is 18.0 Å². The number of thiazole rings is 1. The van der Waals surface area contributed by atoms with Gasteiger partial charge in [-0.05, 0) is 6.92 Å². The number of aliphatic carboxylic acids is 1. The average Bonchev–Trinajstić information content (AvgIpc) is 2.92. The van der Waals surface area contributed by atoms with Crippen molar-refractivity contribution in [3.05, 3.63) is 16.6 Å². The van der Waals surface area contributed by atoms with Crippen LogP contribution in [0.15, 0.2) is 11.6 Å². The molecule has 9 heteroatoms. The van der Waals surface area contributed by atoms with E-state index in [9.17, 15) is 14.4 Å². The minimum absolute atomic E-state index is 0.0901. The fraction of sp³-hybridized carbons (Fsp3) is 0.455. The zero-order chi connectivity index (χ0) is 14.7. The maximum atomic E-state index is 12.1. The van der Waals surface area contributed by atoms with Gasteiger partial charge in [-0.1, -0.05) is 0 Å². The predicted octanol–water partition coefficient (Wildman–Crippen LogP) is -0.201. The second-order valence-electron chi connectivity index (χ2n) is 4.33. The van der Waals surface area contributed by atoms with Gasteiger partial charge in [-0.2, -0.15) is 0 Å². The van der Waals surface area contributed by atoms with Crippen LogP contribution in [0.1, 0.15) is 18.0 Å². The van der Waals surface area contributed by atoms with Crippen LogP contribution in [0.25, 0.3) is 0 Å². The number of carbonyl (C=O) groups is 3. The van der Waals surface area contributed by atoms with Gasteiger partial charge in [-0.3, -0.25) is 9.69 Å². The van der Waals surface area contributed by atoms with Crippen molar-refractivity contribution in [2.45, 2.75) is 19.0 Å². The minimum atomic E-state index is -1.15. The first-order valence-corrected chi connectivity index (χ1v) is 6.83. The molecule has 3 amide bonds. The zero-order valence-corrected chi connectivity index (χ0v) is 11.5. The predicted molar refractivity (Wildman–Crippen MR) is 70.2 cm³/mol. The number of piperazine rings is 1. The number of urea groups is 1. The van der Waals surface area contributed by atoms with Gasteiger partial charge in [0.2, 0.25) is 5.91 Å². The molecule has 0 saturated carbocycles. The lowest BCUT2D eigenvalue weighted by Gasteiger charge is -2.33. The Bertz CT molecular complexity index is 519. The van der Waals surface area contributed by atoms with E-state index in [0.717, 1.165) is 4.90 Å². The number of carboxylic acid groups (broad SMARTS) is 1. The van der Waals surface area contributed by atoms with Crippen molar-refractivity contribution < 1.29 is 19.5 Å². The lowest BCUT2D eigenvalue weighted by Crippen LogP contribution is -2.61. The van der Waals surface area contributed by atoms with Crippen LogP contribution in [0, 0.1) is 0 Å². The third-order valence-corrected chi connectivity index (χ3v) is 3.85. The number of amides is 3. The highest BCUT2D eigenvalue weighted by Crippen LogP contribution is 2.15. The lowest BCUT2D eigenvalue weighted by atomic mass is 10.2. The van der Waals surface area contributed by atoms with Gasteiger partial charge >= 0.3 is 12.0 Å². The Morgan fingerprint density at radius 2 is 2.40 bits per heavy atom. The summed E-state index contributed by atoms with van der Waals surface area (Å²) in [5.41, 5.74) is 0. The van der Waals surface area contributed by atoms with E-state index in [1.807, 2.05) is 0 Å². The van der Waals surface area contributed by atoms with Crippen molar-refractivity contribution >= 4 is 29.2 Å². The summed E-state index contributed by atoms with van der Waals surface area (Å²) in [7, 11) is 0. The second kappa shape index (κ2) is 5.87. The smallest absolute Gasteiger partial charge is 0.328 e. The maximum absolute atomic E-state index is 12.1. The van der Waals surface area contributed by atoms with Crippen LogP contribution in [0.4, 0.5) is 4.79 Å². The number of hydrogen-bond donors (Lipinski definition) is 3. The van der Waals surface area contributed by atoms with Gasteiger partial charge in [-0.15, -0.1) is 11.3 Å². The molecule has 2 rings (SSSR count). The van der Waals surface area contributed by atoms with Crippen LogP contribution in [-0.4, -0.2) is 52.0 Å². The molecule has 1 aliphatic rings. The topological polar surface area (TPSA) is 112 Å². The standard InChI is InChI=1S/C11H14N4O4S/c1-6(9-12-2-3-20-9)14-11(19)15-5-8(16)13-4-7(15)10(17)18/h2-3,6-7H,4-5H2,1H3,(H,13,16)(H,14,19)(H,17,18). The highest BCUT2D eigenvalue weighted by molar-refractivity contribution is 7.09. The molecule has 0 aliphatic carbocycles. The zero-order valence-electron chi connectivity index (χ0n) is 10.7. The Labute approximate surface area is 118 Å². The van der Waals surface area contributed by atoms with Crippen LogP contribution in [0.3, 0.4) is 0 Å². The first-order valence-electron chi connectivity index (χ1n) is 5.95. The van der Waals surface area contributed by atoms with E-state index in [4.69, 9.17) is 5.11 Å². The molecule has 1 aromatic heterocycles. The van der Waals surface area contributed by atoms with Crippen molar-refractivity contribution in [1.29, 1.82) is 0 Å². The molecule has 2 heterocycles. The number of rotatable bonds is 3. The van der Waals surface area contributed by atoms with Gasteiger partial charge in [0, 0.05) is 18.1 Å². The molecule has 1 aliphatic heterocycles. The molecule has 2 atom stereocenters. The Morgan fingerprint density at radius 1 is 1.65 bits per heavy atom. The van der Waals surface area contributed by atoms with Gasteiger partial charge in [0.25, 0.3) is 0 Å². The van der Waals surface area contributed by atoms with Gasteiger partial charge in [0.15, 0.2) is 0 Å². The van der Waals surface area contributed by atoms with Crippen molar-refractivity contribution in [3.8, 4) is 0 Å². The van der Waals surface area contributed by atoms with E-state index >= 15 is 0 Å². The van der Waals surface area contributed by atoms with E-state index in [1.54, 1.807) is 18.5 Å². The van der Waals surface area contributed by atoms with Crippen LogP contribution < -0.4 is 10.6 Å². The summed E-state index contributed by atoms with van der Waals surface area (Å²) in [5.74, 6) is -1.53. The molecule has 1 aromatic rings. The summed E-state index contributed by atoms with van der Waals surface area (Å²) in [5, 5.41) is 16.7. The number of aromatic nitrogens is 1. The SMILES string of the molecule is CC(NC(=O)N1CC(=O)NCC1C(=O)O)c1nccs1. The number of carbonyl (C=O) groups excluding carboxylic acids is 2. The number of nitrogens with zero attached hydrogens (tertiary/aromatic N) is 2. The summed E-state index contributed by atoms with van der Waals surface area (Å²) in [6, 6.07) is -1.99. The summed E-state index contributed by atoms with van der Waals surface area (Å²) < 4.78 is 0. The van der Waals surface area contributed by atoms with Gasteiger partial charge in [0.05, 0.1) is 6.04 Å². The molecular formula is C11H14N4O4S. The summed E-state index contributed by atoms with van der Waals surface area (Å²) in [6.45, 7) is 1.39. The second-order valence-corrected chi connectivity index (χ2v) is 5.25. The first kappa shape index (κ1) is 14.3. The minimum Gasteiger partial charge on any atom is -0.480 e. The molecule has 108 valence electrons. The molecule has 2 unspecified atom stereocenters. The molecule has 0 aromatic carbocycles. The van der Waals surface area contributed by atoms with Crippen molar-refractivity contribution in [2.75, 3.05) is 13.1 Å². The van der Waals surface area contributed by atoms with Crippen molar-refractivity contribution in [2.24, 2.45) is 0 Å². The molecule has 8 nitrogen and oxygen atoms in total. The van der Waals surface area contributed by atoms with Gasteiger partial charge in [0.1, 0.15) is 17.6 Å². The summed E-state index contributed by atoms with van der Waals surface area (Å²) >= 11 is 1.39. The highest BCUT2D eigenvalue weighted by atomic mass is 32.1. The monoisotopic (exact) mass is 298 g/mol. The fourth-order valence-corrected chi connectivity index (χ4v) is 2.50. The molecule has 0 radical (unpaired) electrons. The molecule has 0 bridgehead atoms. The summed E-state index contributed by atoms with van der Waals surface area (Å²) in [6.07, 6.45) is 1.62. The van der Waals surface area contributed by atoms with Gasteiger partial charge < -0.3 is 15.7 Å². The third-order valence-electron chi connectivity index (χ3n) is 2.89. The Hall–Kier alpha value is -2.16. The molecule has 0 spiro atoms. The fourth-order valence-electron chi connectivity index (χ4n) is 1.85. The molecule has 20 heavy (non-hydrogen) atoms. The van der Waals surface area contributed by atoms with E-state index in [0.29, 0.717) is 5.01 Å². The van der Waals surface area contributed by atoms with Gasteiger partial charge in [-0.25, -0.2) is 14.6 Å². The van der Waals surface area contributed by atoms with Crippen LogP contribution >= 0.6 is 11.3 Å². The number of hydrogen-bond acceptors (Lipinski definition) is 5. The van der Waals surface area contributed by atoms with Crippen LogP contribution in [-0.2, 0) is 9.59 Å². The molecular weight excluding hydrogens is 284 g/mol. The third kappa shape index (κ3) is 3.05. The van der Waals surface area contributed by atoms with E-state index in [1.165, 1.54) is 11.3 Å². The largest absolute Gasteiger partial charge is 0.480 e. The highest BCUT2D eigenvalue weighted by Gasteiger charge is 2.35. The van der Waals surface area contributed by atoms with E-state index in [2.05, 4.69) is 15.6 Å². The Balaban J connectivity index is 2.05. The average molecular weight is 298 g/mol. The number of carboxylic acids is 1. The molecule has 1 fully saturated rings. The maximum Gasteiger partial charge on any atom is 0.328 e. The Kier molecular flexibility index (Phi) is 4.18. The van der Waals surface area contributed by atoms with E-state index in [-0.39, 0.29) is 25.0 Å². The molecule has 3 N–H and O–H groups in total. The quantitative estimate of drug-likeness (QED) is 0.715. The van der Waals surface area contributed by atoms with Crippen LogP contribution in [0.5, 0.6) is 0 Å². The lowest BCUT2D eigenvalue weighted by molar-refractivity contribution is -0.144.